The van der Waals surface area contributed by atoms with Crippen LogP contribution in [0.25, 0.3) is 11.2 Å². The van der Waals surface area contributed by atoms with E-state index in [1.54, 1.807) is 113 Å². The molecule has 10 rings (SSSR count). The van der Waals surface area contributed by atoms with Gasteiger partial charge in [0.15, 0.2) is 58.7 Å². The van der Waals surface area contributed by atoms with E-state index in [1.165, 1.54) is 52.0 Å². The Bertz CT molecular complexity index is 5660. The van der Waals surface area contributed by atoms with E-state index in [0.29, 0.717) is 123 Å². The van der Waals surface area contributed by atoms with Gasteiger partial charge in [-0.1, -0.05) is 111 Å². The molecule has 49 heteroatoms. The predicted octanol–water partition coefficient (Wildman–Crippen LogP) is 3.50. The summed E-state index contributed by atoms with van der Waals surface area (Å²) in [5, 5.41) is 81.4. The van der Waals surface area contributed by atoms with Gasteiger partial charge >= 0.3 is 29.5 Å². The molecule has 0 saturated carbocycles. The number of guanidine groups is 1. The summed E-state index contributed by atoms with van der Waals surface area (Å²) in [7, 11) is 5.09. The van der Waals surface area contributed by atoms with Gasteiger partial charge in [-0.15, -0.1) is 0 Å². The van der Waals surface area contributed by atoms with Crippen molar-refractivity contribution in [1.82, 2.24) is 70.5 Å². The lowest BCUT2D eigenvalue weighted by Crippen LogP contribution is -2.58. The van der Waals surface area contributed by atoms with Gasteiger partial charge < -0.3 is 137 Å². The maximum atomic E-state index is 14.8. The molecule has 47 nitrogen and oxygen atoms in total. The molecule has 146 heavy (non-hydrogen) atoms. The van der Waals surface area contributed by atoms with Crippen molar-refractivity contribution in [2.24, 2.45) is 22.4 Å². The molecule has 16 atom stereocenters. The molecular formula is C97H134F2N20O27. The zero-order chi connectivity index (χ0) is 107. The molecular weight excluding hydrogens is 1920 g/mol. The topological polar surface area (TPSA) is 668 Å². The average molecular weight is 2050 g/mol. The van der Waals surface area contributed by atoms with Gasteiger partial charge in [0, 0.05) is 58.7 Å². The van der Waals surface area contributed by atoms with Gasteiger partial charge in [0.25, 0.3) is 0 Å². The highest BCUT2D eigenvalue weighted by Crippen LogP contribution is 2.35. The zero-order valence-electron chi connectivity index (χ0n) is 83.2. The van der Waals surface area contributed by atoms with Gasteiger partial charge in [-0.05, 0) is 129 Å². The Hall–Kier alpha value is -13.8. The molecule has 798 valence electrons. The average Bonchev–Trinajstić information content (AvgIpc) is 1.61. The number of ketones is 3. The number of aliphatic imine (C=N–C) groups is 1. The Kier molecular flexibility index (Phi) is 46.9. The number of methoxy groups -OCH3 is 1. The van der Waals surface area contributed by atoms with Crippen LogP contribution in [0.5, 0.6) is 5.75 Å². The van der Waals surface area contributed by atoms with Crippen LogP contribution in [-0.2, 0) is 96.0 Å². The lowest BCUT2D eigenvalue weighted by atomic mass is 9.98. The molecule has 3 aliphatic heterocycles. The molecule has 18 N–H and O–H groups in total. The molecule has 7 heterocycles. The van der Waals surface area contributed by atoms with Crippen molar-refractivity contribution in [3.8, 4) is 5.75 Å². The van der Waals surface area contributed by atoms with Crippen LogP contribution in [0, 0.1) is 17.6 Å². The van der Waals surface area contributed by atoms with E-state index in [4.69, 9.17) is 44.6 Å². The largest absolute Gasteiger partial charge is 0.497 e. The molecule has 3 fully saturated rings. The molecule has 3 aromatic carbocycles. The normalized spacial score (nSPS) is 19.3. The highest BCUT2D eigenvalue weighted by Gasteiger charge is 2.48. The summed E-state index contributed by atoms with van der Waals surface area (Å²) in [6, 6.07) is 18.7. The number of unbranched alkanes of at least 4 members (excludes halogenated alkanes) is 6. The third-order valence-corrected chi connectivity index (χ3v) is 23.4. The van der Waals surface area contributed by atoms with E-state index in [1.807, 2.05) is 12.1 Å². The van der Waals surface area contributed by atoms with E-state index in [2.05, 4.69) is 72.4 Å². The standard InChI is InChI=1S/C45H68N12O11.2C26H33FN4O8/c1-26(59)12-9-8-10-14-30(53-33(60)22-49-40(63)28(13-11-19-48-44(46)47)21-34(61)68-45(2,3)4)41(64)54-31(20-27-15-17-29(66-7)18-16-27)42(65)55-35-32(23-58)67-43(37(35)62)57-25-52-36-38(56(5)6)50-24-51-39(36)57;1-15(32)9-5-3-8-12-19(28-26(37)38-14-17-10-6-4-7-11-17)23(35)29-22-18(27)13-31(25(36)30-22)24-21(34)20(33)16(2)39-24;1-16(33)8-4-2-7-11-19(28-26(37)38-15-17-9-5-3-6-10-17)24(35)29-23-18(27)13-31(25(36)30-23)22-12-20(34)21(14-32)39-22/h15-18,24-25,28,30-32,35,37,43,58,62H,8-14,19-23H2,1-7H3,(H,49,63)(H,53,60)(H,54,64)(H,55,65)(H4,46,47,48);4,6-7,10-11,13,16,19-21,24,33-34H,3,5,8-9,12,14H2,1-2H3,(H,28,37)(H,29,30,35,36);3,5-6,9-10,13,19-22,32,34H,2,4,7-8,11-12,14-15H2,1H3,(H,28,37)(H,29,30,35,36)/t28?,30?,31?,32-,35+,37?,43-;16-,19?,20+,21?,24-;19?,20-,21-,22-/m111/s1. The van der Waals surface area contributed by atoms with E-state index in [-0.39, 0.29) is 88.0 Å². The summed E-state index contributed by atoms with van der Waals surface area (Å²) in [6.45, 7) is 9.56. The summed E-state index contributed by atoms with van der Waals surface area (Å²) >= 11 is 0. The molecule has 4 aromatic heterocycles. The first-order chi connectivity index (χ1) is 69.4. The monoisotopic (exact) mass is 2050 g/mol. The van der Waals surface area contributed by atoms with Crippen molar-refractivity contribution >= 4 is 106 Å². The molecule has 8 amide bonds. The number of imidazole rings is 1. The number of hydrogen-bond acceptors (Lipinski definition) is 34. The number of rotatable bonds is 51. The van der Waals surface area contributed by atoms with E-state index in [9.17, 15) is 107 Å². The molecule has 0 bridgehead atoms. The van der Waals surface area contributed by atoms with Crippen LogP contribution in [0.3, 0.4) is 0 Å². The number of Topliss-reactive ketones (excluding diaryl/α,β-unsaturated/α-hetero) is 3. The minimum atomic E-state index is -1.49. The van der Waals surface area contributed by atoms with Crippen LogP contribution in [0.1, 0.15) is 206 Å². The third-order valence-electron chi connectivity index (χ3n) is 23.4. The highest BCUT2D eigenvalue weighted by molar-refractivity contribution is 5.97. The van der Waals surface area contributed by atoms with Gasteiger partial charge in [0.05, 0.1) is 70.3 Å². The van der Waals surface area contributed by atoms with Gasteiger partial charge in [0.1, 0.15) is 109 Å². The van der Waals surface area contributed by atoms with Crippen LogP contribution >= 0.6 is 0 Å². The zero-order valence-corrected chi connectivity index (χ0v) is 83.2. The number of fused-ring (bicyclic) bond motifs is 1. The fourth-order valence-corrected chi connectivity index (χ4v) is 15.7. The van der Waals surface area contributed by atoms with Crippen molar-refractivity contribution in [3.63, 3.8) is 0 Å². The van der Waals surface area contributed by atoms with Crippen LogP contribution < -0.4 is 75.0 Å². The molecule has 7 unspecified atom stereocenters. The smallest absolute Gasteiger partial charge is 0.408 e. The van der Waals surface area contributed by atoms with Gasteiger partial charge in [0.2, 0.25) is 35.4 Å². The molecule has 0 radical (unpaired) electrons. The van der Waals surface area contributed by atoms with Gasteiger partial charge in [-0.3, -0.25) is 52.3 Å². The van der Waals surface area contributed by atoms with Crippen molar-refractivity contribution in [2.45, 2.75) is 287 Å². The molecule has 0 aliphatic carbocycles. The number of nitrogens with zero attached hydrogens (tertiary/aromatic N) is 10. The number of nitrogens with two attached hydrogens (primary N) is 2. The number of halogens is 2. The number of aromatic nitrogens is 8. The maximum absolute atomic E-state index is 14.8. The number of esters is 1. The van der Waals surface area contributed by atoms with Crippen molar-refractivity contribution in [1.29, 1.82) is 0 Å². The number of benzene rings is 3. The highest BCUT2D eigenvalue weighted by atomic mass is 19.1. The minimum Gasteiger partial charge on any atom is -0.497 e. The van der Waals surface area contributed by atoms with Crippen molar-refractivity contribution in [3.05, 3.63) is 159 Å². The Balaban J connectivity index is 0.000000285. The number of anilines is 3. The van der Waals surface area contributed by atoms with Crippen molar-refractivity contribution < 1.29 is 130 Å². The quantitative estimate of drug-likeness (QED) is 0.00853. The summed E-state index contributed by atoms with van der Waals surface area (Å²) in [4.78, 5) is 204. The second kappa shape index (κ2) is 58.4. The number of aliphatic hydroxyl groups excluding tert-OH is 6. The second-order valence-corrected chi connectivity index (χ2v) is 36.6. The predicted molar refractivity (Wildman–Crippen MR) is 522 cm³/mol. The Labute approximate surface area is 840 Å². The number of nitrogens with one attached hydrogen (secondary N) is 8. The first kappa shape index (κ1) is 117. The van der Waals surface area contributed by atoms with Crippen LogP contribution in [0.2, 0.25) is 0 Å². The lowest BCUT2D eigenvalue weighted by molar-refractivity contribution is -0.157. The fourth-order valence-electron chi connectivity index (χ4n) is 15.7. The lowest BCUT2D eigenvalue weighted by Gasteiger charge is -2.27. The number of aliphatic hydroxyl groups is 6. The Morgan fingerprint density at radius 1 is 0.568 bits per heavy atom. The number of carbonyl (C=O) groups excluding carboxylic acids is 12. The minimum absolute atomic E-state index is 0.00952. The third kappa shape index (κ3) is 37.7. The number of hydrogen-bond donors (Lipinski definition) is 16. The Morgan fingerprint density at radius 3 is 1.56 bits per heavy atom. The van der Waals surface area contributed by atoms with Crippen LogP contribution in [-0.4, -0.2) is 272 Å². The number of carbonyl (C=O) groups is 12. The van der Waals surface area contributed by atoms with Gasteiger partial charge in [-0.25, -0.2) is 42.9 Å². The first-order valence-corrected chi connectivity index (χ1v) is 47.9. The fraction of sp³-hybridized carbons (Fsp3) is 0.546. The number of ether oxygens (including phenoxy) is 7. The van der Waals surface area contributed by atoms with E-state index >= 15 is 0 Å². The molecule has 3 saturated heterocycles. The first-order valence-electron chi connectivity index (χ1n) is 47.9. The molecule has 0 spiro atoms. The second-order valence-electron chi connectivity index (χ2n) is 36.6. The summed E-state index contributed by atoms with van der Waals surface area (Å²) in [6.07, 6.45) is -2.41. The Morgan fingerprint density at radius 2 is 1.08 bits per heavy atom. The summed E-state index contributed by atoms with van der Waals surface area (Å²) in [5.74, 6) is -8.34. The van der Waals surface area contributed by atoms with E-state index in [0.717, 1.165) is 21.9 Å². The maximum Gasteiger partial charge on any atom is 0.408 e. The SMILES string of the molecule is CC(=O)CCCCCC(NC(=O)OCc1ccccc1)C(=O)Nc1nc(=O)n([C@@H]2O[C@H](C)[C@H](O)C2O)cc1F.CC(=O)CCCCCC(NC(=O)OCc1ccccc1)C(=O)Nc1nc(=O)n([C@H]2C[C@@H](O)[C@@H](CO)O2)cc1F.COc1ccc(CC(NC(=O)C(CCCCCC(C)=O)NC(=O)CNC(=O)C(CCCN=C(N)N)CC(=O)OC(C)(C)C)C(=O)N[C@@H]2C(O)[C@H](n3cnc4c(N(C)C)ncnc43)O[C@@H]2CO)cc1. The van der Waals surface area contributed by atoms with E-state index < -0.39 is 211 Å². The molecule has 7 aromatic rings. The number of alkyl carbamates (subject to hydrolysis) is 2. The van der Waals surface area contributed by atoms with Gasteiger partial charge in [-0.2, -0.15) is 9.97 Å². The van der Waals surface area contributed by atoms with Crippen molar-refractivity contribution in [2.75, 3.05) is 63.0 Å². The summed E-state index contributed by atoms with van der Waals surface area (Å²) < 4.78 is 70.6. The molecule has 3 aliphatic rings. The van der Waals surface area contributed by atoms with Crippen LogP contribution in [0.4, 0.5) is 35.8 Å². The van der Waals surface area contributed by atoms with Crippen LogP contribution in [0.15, 0.2) is 125 Å². The number of amides is 8. The summed E-state index contributed by atoms with van der Waals surface area (Å²) in [5.41, 5.74) is 11.0.